The molecule has 0 N–H and O–H groups in total. The first-order chi connectivity index (χ1) is 11.6. The van der Waals surface area contributed by atoms with E-state index in [1.807, 2.05) is 0 Å². The number of hydrogen-bond acceptors (Lipinski definition) is 0. The van der Waals surface area contributed by atoms with Crippen LogP contribution >= 0.6 is 0 Å². The summed E-state index contributed by atoms with van der Waals surface area (Å²) >= 11 is 0. The third kappa shape index (κ3) is 16.6. The van der Waals surface area contributed by atoms with Gasteiger partial charge in [0.15, 0.2) is 0 Å². The Morgan fingerprint density at radius 1 is 0.625 bits per heavy atom. The van der Waals surface area contributed by atoms with E-state index in [-0.39, 0.29) is 0 Å². The maximum atomic E-state index is 3.98. The van der Waals surface area contributed by atoms with Gasteiger partial charge in [0, 0.05) is 0 Å². The topological polar surface area (TPSA) is 0 Å². The molecule has 0 amide bonds. The molecule has 0 aliphatic heterocycles. The average Bonchev–Trinajstić information content (AvgIpc) is 2.55. The van der Waals surface area contributed by atoms with E-state index in [4.69, 9.17) is 0 Å². The minimum Gasteiger partial charge on any atom is -0.100 e. The summed E-state index contributed by atoms with van der Waals surface area (Å²) in [6, 6.07) is 0. The van der Waals surface area contributed by atoms with Crippen molar-refractivity contribution in [3.8, 4) is 0 Å². The maximum Gasteiger partial charge on any atom is -0.0326 e. The smallest absolute Gasteiger partial charge is 0.0326 e. The van der Waals surface area contributed by atoms with E-state index in [9.17, 15) is 0 Å². The molecule has 0 saturated heterocycles. The molecule has 0 fully saturated rings. The number of hydrogen-bond donors (Lipinski definition) is 0. The summed E-state index contributed by atoms with van der Waals surface area (Å²) in [4.78, 5) is 0. The number of unbranched alkanes of at least 4 members (excludes halogenated alkanes) is 11. The summed E-state index contributed by atoms with van der Waals surface area (Å²) in [5.74, 6) is 1.85. The van der Waals surface area contributed by atoms with Crippen molar-refractivity contribution in [2.45, 2.75) is 130 Å². The van der Waals surface area contributed by atoms with Gasteiger partial charge in [-0.3, -0.25) is 0 Å². The largest absolute Gasteiger partial charge is 0.100 e. The Kier molecular flexibility index (Phi) is 17.4. The highest BCUT2D eigenvalue weighted by molar-refractivity contribution is 4.86. The maximum absolute atomic E-state index is 3.98. The first kappa shape index (κ1) is 23.7. The van der Waals surface area contributed by atoms with Crippen molar-refractivity contribution in [1.82, 2.24) is 0 Å². The average molecular weight is 337 g/mol. The van der Waals surface area contributed by atoms with Crippen LogP contribution in [0.5, 0.6) is 0 Å². The van der Waals surface area contributed by atoms with Crippen molar-refractivity contribution >= 4 is 0 Å². The highest BCUT2D eigenvalue weighted by Crippen LogP contribution is 2.24. The van der Waals surface area contributed by atoms with E-state index in [0.717, 1.165) is 11.8 Å². The molecule has 0 radical (unpaired) electrons. The van der Waals surface area contributed by atoms with E-state index in [2.05, 4.69) is 34.3 Å². The minimum atomic E-state index is 0.921. The van der Waals surface area contributed by atoms with Crippen molar-refractivity contribution in [2.24, 2.45) is 11.8 Å². The van der Waals surface area contributed by atoms with Crippen LogP contribution < -0.4 is 0 Å². The Morgan fingerprint density at radius 2 is 1.00 bits per heavy atom. The fourth-order valence-corrected chi connectivity index (χ4v) is 3.59. The van der Waals surface area contributed by atoms with Crippen molar-refractivity contribution in [1.29, 1.82) is 0 Å². The summed E-state index contributed by atoms with van der Waals surface area (Å²) in [5.41, 5.74) is 1.35. The molecule has 0 heteroatoms. The molecular weight excluding hydrogens is 288 g/mol. The van der Waals surface area contributed by atoms with Crippen LogP contribution in [0.4, 0.5) is 0 Å². The van der Waals surface area contributed by atoms with E-state index in [1.54, 1.807) is 0 Å². The Labute approximate surface area is 154 Å². The molecule has 24 heavy (non-hydrogen) atoms. The van der Waals surface area contributed by atoms with Crippen LogP contribution in [0.2, 0.25) is 0 Å². The fourth-order valence-electron chi connectivity index (χ4n) is 3.59. The molecule has 0 aliphatic carbocycles. The van der Waals surface area contributed by atoms with Crippen LogP contribution in [0.25, 0.3) is 0 Å². The molecule has 0 saturated carbocycles. The van der Waals surface area contributed by atoms with Gasteiger partial charge in [-0.05, 0) is 31.6 Å². The van der Waals surface area contributed by atoms with Gasteiger partial charge in [0.2, 0.25) is 0 Å². The van der Waals surface area contributed by atoms with Gasteiger partial charge in [-0.25, -0.2) is 0 Å². The third-order valence-corrected chi connectivity index (χ3v) is 5.75. The van der Waals surface area contributed by atoms with Gasteiger partial charge in [0.1, 0.15) is 0 Å². The number of rotatable bonds is 18. The molecule has 0 aromatic carbocycles. The van der Waals surface area contributed by atoms with Crippen molar-refractivity contribution in [3.63, 3.8) is 0 Å². The second kappa shape index (κ2) is 17.6. The molecule has 0 heterocycles. The monoisotopic (exact) mass is 336 g/mol. The summed E-state index contributed by atoms with van der Waals surface area (Å²) < 4.78 is 0. The second-order valence-corrected chi connectivity index (χ2v) is 8.48. The van der Waals surface area contributed by atoms with Crippen LogP contribution in [0.15, 0.2) is 12.2 Å². The summed E-state index contributed by atoms with van der Waals surface area (Å²) in [7, 11) is 0. The van der Waals surface area contributed by atoms with Gasteiger partial charge >= 0.3 is 0 Å². The van der Waals surface area contributed by atoms with Crippen LogP contribution in [0.1, 0.15) is 130 Å². The SMILES string of the molecule is C=C(C)CCCCCCCC(C)C(C)CCCCCCCCCC. The van der Waals surface area contributed by atoms with Crippen LogP contribution in [-0.2, 0) is 0 Å². The molecule has 0 aromatic heterocycles. The first-order valence-corrected chi connectivity index (χ1v) is 11.2. The molecule has 0 aliphatic rings. The van der Waals surface area contributed by atoms with E-state index < -0.39 is 0 Å². The molecule has 2 atom stereocenters. The lowest BCUT2D eigenvalue weighted by atomic mass is 9.86. The first-order valence-electron chi connectivity index (χ1n) is 11.2. The third-order valence-electron chi connectivity index (χ3n) is 5.75. The van der Waals surface area contributed by atoms with Crippen LogP contribution in [0.3, 0.4) is 0 Å². The zero-order chi connectivity index (χ0) is 18.0. The highest BCUT2D eigenvalue weighted by Gasteiger charge is 2.11. The Balaban J connectivity index is 3.37. The molecule has 2 unspecified atom stereocenters. The van der Waals surface area contributed by atoms with E-state index in [1.165, 1.54) is 108 Å². The molecular formula is C24H48. The molecule has 0 aromatic rings. The van der Waals surface area contributed by atoms with Gasteiger partial charge in [-0.1, -0.05) is 116 Å². The van der Waals surface area contributed by atoms with E-state index >= 15 is 0 Å². The normalized spacial score (nSPS) is 13.8. The molecule has 144 valence electrons. The number of allylic oxidation sites excluding steroid dienone is 1. The predicted octanol–water partition coefficient (Wildman–Crippen LogP) is 9.10. The van der Waals surface area contributed by atoms with Crippen molar-refractivity contribution in [3.05, 3.63) is 12.2 Å². The summed E-state index contributed by atoms with van der Waals surface area (Å²) in [6.45, 7) is 13.4. The quantitative estimate of drug-likeness (QED) is 0.173. The minimum absolute atomic E-state index is 0.921. The highest BCUT2D eigenvalue weighted by atomic mass is 14.2. The van der Waals surface area contributed by atoms with Crippen molar-refractivity contribution < 1.29 is 0 Å². The van der Waals surface area contributed by atoms with Gasteiger partial charge in [-0.15, -0.1) is 6.58 Å². The Bertz CT molecular complexity index is 265. The van der Waals surface area contributed by atoms with Crippen LogP contribution in [0, 0.1) is 11.8 Å². The van der Waals surface area contributed by atoms with Crippen LogP contribution in [-0.4, -0.2) is 0 Å². The lowest BCUT2D eigenvalue weighted by Crippen LogP contribution is -2.08. The molecule has 0 bridgehead atoms. The van der Waals surface area contributed by atoms with E-state index in [0.29, 0.717) is 0 Å². The van der Waals surface area contributed by atoms with Gasteiger partial charge in [0.05, 0.1) is 0 Å². The molecule has 0 rings (SSSR count). The lowest BCUT2D eigenvalue weighted by Gasteiger charge is -2.19. The Hall–Kier alpha value is -0.260. The molecule has 0 nitrogen and oxygen atoms in total. The zero-order valence-corrected chi connectivity index (χ0v) is 17.7. The van der Waals surface area contributed by atoms with Crippen molar-refractivity contribution in [2.75, 3.05) is 0 Å². The van der Waals surface area contributed by atoms with Gasteiger partial charge < -0.3 is 0 Å². The van der Waals surface area contributed by atoms with Gasteiger partial charge in [-0.2, -0.15) is 0 Å². The summed E-state index contributed by atoms with van der Waals surface area (Å²) in [5, 5.41) is 0. The Morgan fingerprint density at radius 3 is 1.42 bits per heavy atom. The lowest BCUT2D eigenvalue weighted by molar-refractivity contribution is 0.322. The molecule has 0 spiro atoms. The van der Waals surface area contributed by atoms with Gasteiger partial charge in [0.25, 0.3) is 0 Å². The second-order valence-electron chi connectivity index (χ2n) is 8.48. The summed E-state index contributed by atoms with van der Waals surface area (Å²) in [6.07, 6.45) is 22.7. The zero-order valence-electron chi connectivity index (χ0n) is 17.7. The fraction of sp³-hybridized carbons (Fsp3) is 0.917. The predicted molar refractivity (Wildman–Crippen MR) is 113 cm³/mol. The standard InChI is InChI=1S/C24H48/c1-6-7-8-9-10-11-14-17-20-23(4)24(5)21-18-15-12-13-16-19-22(2)3/h23-24H,2,6-21H2,1,3-5H3.